The summed E-state index contributed by atoms with van der Waals surface area (Å²) in [5.74, 6) is -2.25. The number of sulfonamides is 1. The second kappa shape index (κ2) is 6.96. The molecule has 0 aliphatic rings. The van der Waals surface area contributed by atoms with Crippen LogP contribution in [0.2, 0.25) is 0 Å². The van der Waals surface area contributed by atoms with E-state index in [9.17, 15) is 17.2 Å². The summed E-state index contributed by atoms with van der Waals surface area (Å²) in [6.07, 6.45) is 1.14. The zero-order valence-corrected chi connectivity index (χ0v) is 15.3. The summed E-state index contributed by atoms with van der Waals surface area (Å²) in [5, 5.41) is -0.0552. The molecule has 1 aromatic heterocycles. The second-order valence-electron chi connectivity index (χ2n) is 5.49. The highest BCUT2D eigenvalue weighted by Crippen LogP contribution is 2.30. The van der Waals surface area contributed by atoms with Crippen LogP contribution in [-0.2, 0) is 10.0 Å². The molecule has 0 amide bonds. The third kappa shape index (κ3) is 3.97. The predicted octanol–water partition coefficient (Wildman–Crippen LogP) is 4.03. The standard InChI is InChI=1S/C16H13F2N3O3S2/c1-9-3-10(2)5-11(4-9)24-14-6-13(18)15(7-12(14)17)26(22,23)21-16-19-8-20-25-16/h3-8H,1-2H3,(H,19,20,21). The Labute approximate surface area is 152 Å². The highest BCUT2D eigenvalue weighted by molar-refractivity contribution is 7.93. The van der Waals surface area contributed by atoms with E-state index < -0.39 is 32.3 Å². The van der Waals surface area contributed by atoms with Gasteiger partial charge in [-0.15, -0.1) is 0 Å². The molecule has 0 aliphatic heterocycles. The molecule has 0 fully saturated rings. The van der Waals surface area contributed by atoms with E-state index in [1.54, 1.807) is 12.1 Å². The van der Waals surface area contributed by atoms with Crippen molar-refractivity contribution < 1.29 is 21.9 Å². The van der Waals surface area contributed by atoms with Crippen molar-refractivity contribution in [1.29, 1.82) is 0 Å². The third-order valence-corrected chi connectivity index (χ3v) is 5.35. The first-order valence-corrected chi connectivity index (χ1v) is 9.55. The number of aryl methyl sites for hydroxylation is 2. The van der Waals surface area contributed by atoms with Crippen molar-refractivity contribution in [3.05, 3.63) is 59.4 Å². The number of aromatic nitrogens is 2. The first kappa shape index (κ1) is 18.2. The minimum absolute atomic E-state index is 0.0552. The summed E-state index contributed by atoms with van der Waals surface area (Å²) in [6.45, 7) is 3.68. The Morgan fingerprint density at radius 3 is 2.35 bits per heavy atom. The van der Waals surface area contributed by atoms with E-state index in [1.165, 1.54) is 0 Å². The lowest BCUT2D eigenvalue weighted by Gasteiger charge is -2.11. The Morgan fingerprint density at radius 2 is 1.73 bits per heavy atom. The monoisotopic (exact) mass is 397 g/mol. The van der Waals surface area contributed by atoms with Gasteiger partial charge in [-0.1, -0.05) is 6.07 Å². The Bertz CT molecular complexity index is 1030. The lowest BCUT2D eigenvalue weighted by molar-refractivity contribution is 0.431. The molecular formula is C16H13F2N3O3S2. The van der Waals surface area contributed by atoms with Crippen molar-refractivity contribution in [3.63, 3.8) is 0 Å². The SMILES string of the molecule is Cc1cc(C)cc(Oc2cc(F)c(S(=O)(=O)Nc3ncns3)cc2F)c1. The van der Waals surface area contributed by atoms with Crippen LogP contribution in [0.4, 0.5) is 13.9 Å². The Balaban J connectivity index is 1.93. The fourth-order valence-corrected chi connectivity index (χ4v) is 4.03. The minimum atomic E-state index is -4.35. The summed E-state index contributed by atoms with van der Waals surface area (Å²) in [7, 11) is -4.35. The molecule has 0 aliphatic carbocycles. The molecule has 1 N–H and O–H groups in total. The molecule has 1 heterocycles. The van der Waals surface area contributed by atoms with Gasteiger partial charge in [-0.3, -0.25) is 4.72 Å². The maximum atomic E-state index is 14.3. The smallest absolute Gasteiger partial charge is 0.266 e. The van der Waals surface area contributed by atoms with Crippen LogP contribution in [0.3, 0.4) is 0 Å². The number of ether oxygens (including phenoxy) is 1. The molecule has 0 radical (unpaired) electrons. The topological polar surface area (TPSA) is 81.2 Å². The van der Waals surface area contributed by atoms with Gasteiger partial charge in [0, 0.05) is 23.7 Å². The fourth-order valence-electron chi connectivity index (χ4n) is 2.30. The highest BCUT2D eigenvalue weighted by atomic mass is 32.2. The van der Waals surface area contributed by atoms with Gasteiger partial charge >= 0.3 is 0 Å². The van der Waals surface area contributed by atoms with Crippen molar-refractivity contribution in [2.75, 3.05) is 4.72 Å². The predicted molar refractivity (Wildman–Crippen MR) is 93.1 cm³/mol. The molecule has 0 spiro atoms. The van der Waals surface area contributed by atoms with Gasteiger partial charge in [0.1, 0.15) is 22.8 Å². The molecule has 0 atom stereocenters. The molecule has 0 saturated carbocycles. The zero-order valence-electron chi connectivity index (χ0n) is 13.7. The third-order valence-electron chi connectivity index (χ3n) is 3.28. The number of hydrogen-bond donors (Lipinski definition) is 1. The summed E-state index contributed by atoms with van der Waals surface area (Å²) < 4.78 is 64.1. The Kier molecular flexibility index (Phi) is 4.88. The number of halogens is 2. The first-order chi connectivity index (χ1) is 12.2. The van der Waals surface area contributed by atoms with Crippen LogP contribution in [0.25, 0.3) is 0 Å². The quantitative estimate of drug-likeness (QED) is 0.703. The minimum Gasteiger partial charge on any atom is -0.454 e. The Morgan fingerprint density at radius 1 is 1.04 bits per heavy atom. The summed E-state index contributed by atoms with van der Waals surface area (Å²) in [6, 6.07) is 6.48. The molecular weight excluding hydrogens is 384 g/mol. The second-order valence-corrected chi connectivity index (χ2v) is 7.92. The number of nitrogens with zero attached hydrogens (tertiary/aromatic N) is 2. The summed E-state index contributed by atoms with van der Waals surface area (Å²) in [4.78, 5) is 2.80. The normalized spacial score (nSPS) is 11.4. The first-order valence-electron chi connectivity index (χ1n) is 7.29. The number of nitrogens with one attached hydrogen (secondary N) is 1. The maximum absolute atomic E-state index is 14.3. The van der Waals surface area contributed by atoms with Gasteiger partial charge in [-0.05, 0) is 37.1 Å². The lowest BCUT2D eigenvalue weighted by atomic mass is 10.1. The van der Waals surface area contributed by atoms with Crippen molar-refractivity contribution in [2.24, 2.45) is 0 Å². The van der Waals surface area contributed by atoms with Gasteiger partial charge in [-0.2, -0.15) is 4.37 Å². The van der Waals surface area contributed by atoms with Crippen molar-refractivity contribution in [2.45, 2.75) is 18.7 Å². The van der Waals surface area contributed by atoms with E-state index in [0.29, 0.717) is 17.9 Å². The van der Waals surface area contributed by atoms with Gasteiger partial charge in [0.05, 0.1) is 0 Å². The molecule has 2 aromatic carbocycles. The number of benzene rings is 2. The lowest BCUT2D eigenvalue weighted by Crippen LogP contribution is -2.15. The molecule has 10 heteroatoms. The summed E-state index contributed by atoms with van der Waals surface area (Å²) >= 11 is 0.770. The maximum Gasteiger partial charge on any atom is 0.266 e. The number of hydrogen-bond acceptors (Lipinski definition) is 6. The van der Waals surface area contributed by atoms with Crippen molar-refractivity contribution in [3.8, 4) is 11.5 Å². The van der Waals surface area contributed by atoms with Crippen LogP contribution in [0.1, 0.15) is 11.1 Å². The van der Waals surface area contributed by atoms with E-state index >= 15 is 0 Å². The molecule has 26 heavy (non-hydrogen) atoms. The van der Waals surface area contributed by atoms with Crippen molar-refractivity contribution in [1.82, 2.24) is 9.36 Å². The molecule has 6 nitrogen and oxygen atoms in total. The van der Waals surface area contributed by atoms with Gasteiger partial charge in [0.25, 0.3) is 10.0 Å². The molecule has 136 valence electrons. The number of anilines is 1. The van der Waals surface area contributed by atoms with Gasteiger partial charge in [-0.25, -0.2) is 22.2 Å². The largest absolute Gasteiger partial charge is 0.454 e. The van der Waals surface area contributed by atoms with E-state index in [2.05, 4.69) is 9.36 Å². The molecule has 3 rings (SSSR count). The molecule has 0 bridgehead atoms. The summed E-state index contributed by atoms with van der Waals surface area (Å²) in [5.41, 5.74) is 1.78. The van der Waals surface area contributed by atoms with Crippen LogP contribution in [0, 0.1) is 25.5 Å². The van der Waals surface area contributed by atoms with Crippen LogP contribution in [0.15, 0.2) is 41.6 Å². The average molecular weight is 397 g/mol. The average Bonchev–Trinajstić information content (AvgIpc) is 3.01. The van der Waals surface area contributed by atoms with E-state index in [4.69, 9.17) is 4.74 Å². The Hall–Kier alpha value is -2.59. The highest BCUT2D eigenvalue weighted by Gasteiger charge is 2.24. The van der Waals surface area contributed by atoms with E-state index in [-0.39, 0.29) is 5.13 Å². The van der Waals surface area contributed by atoms with Gasteiger partial charge < -0.3 is 4.74 Å². The van der Waals surface area contributed by atoms with E-state index in [0.717, 1.165) is 29.0 Å². The fraction of sp³-hybridized carbons (Fsp3) is 0.125. The molecule has 3 aromatic rings. The van der Waals surface area contributed by atoms with Crippen LogP contribution < -0.4 is 9.46 Å². The molecule has 0 saturated heterocycles. The number of rotatable bonds is 5. The zero-order chi connectivity index (χ0) is 18.9. The van der Waals surface area contributed by atoms with Crippen LogP contribution in [0.5, 0.6) is 11.5 Å². The molecule has 0 unspecified atom stereocenters. The van der Waals surface area contributed by atoms with Crippen molar-refractivity contribution >= 4 is 26.7 Å². The van der Waals surface area contributed by atoms with E-state index in [1.807, 2.05) is 24.6 Å². The van der Waals surface area contributed by atoms with Crippen LogP contribution >= 0.6 is 11.5 Å². The van der Waals surface area contributed by atoms with Gasteiger partial charge in [0.15, 0.2) is 11.6 Å². The van der Waals surface area contributed by atoms with Gasteiger partial charge in [0.2, 0.25) is 5.13 Å². The van der Waals surface area contributed by atoms with Crippen LogP contribution in [-0.4, -0.2) is 17.8 Å².